The predicted molar refractivity (Wildman–Crippen MR) is 75.0 cm³/mol. The molecule has 0 aliphatic heterocycles. The van der Waals surface area contributed by atoms with Crippen molar-refractivity contribution in [1.82, 2.24) is 0 Å². The Balaban J connectivity index is 1.81. The molecular weight excluding hydrogens is 280 g/mol. The van der Waals surface area contributed by atoms with E-state index in [4.69, 9.17) is 0 Å². The van der Waals surface area contributed by atoms with Crippen molar-refractivity contribution in [2.24, 2.45) is 17.8 Å². The molecule has 0 N–H and O–H groups in total. The van der Waals surface area contributed by atoms with Crippen molar-refractivity contribution in [2.45, 2.75) is 43.9 Å². The first-order valence-electron chi connectivity index (χ1n) is 8.03. The van der Waals surface area contributed by atoms with E-state index in [1.54, 1.807) is 12.1 Å². The summed E-state index contributed by atoms with van der Waals surface area (Å²) < 4.78 is 0. The Kier molecular flexibility index (Phi) is 2.87. The Morgan fingerprint density at radius 2 is 1.23 bits per heavy atom. The van der Waals surface area contributed by atoms with Gasteiger partial charge in [0.05, 0.1) is 11.9 Å². The number of carboxylic acid groups (broad SMARTS) is 2. The van der Waals surface area contributed by atoms with Gasteiger partial charge in [0.15, 0.2) is 0 Å². The first kappa shape index (κ1) is 13.8. The highest BCUT2D eigenvalue weighted by molar-refractivity contribution is 5.92. The van der Waals surface area contributed by atoms with Crippen molar-refractivity contribution in [3.05, 3.63) is 34.9 Å². The van der Waals surface area contributed by atoms with Gasteiger partial charge in [0, 0.05) is 0 Å². The molecule has 4 bridgehead atoms. The summed E-state index contributed by atoms with van der Waals surface area (Å²) in [5.41, 5.74) is 0.733. The molecular formula is C18H18O4-2. The zero-order valence-electron chi connectivity index (χ0n) is 12.3. The summed E-state index contributed by atoms with van der Waals surface area (Å²) in [6.07, 6.45) is 7.03. The van der Waals surface area contributed by atoms with E-state index in [1.165, 1.54) is 19.3 Å². The molecule has 5 rings (SSSR count). The number of hydrogen-bond acceptors (Lipinski definition) is 4. The lowest BCUT2D eigenvalue weighted by Crippen LogP contribution is -2.48. The van der Waals surface area contributed by atoms with Crippen LogP contribution in [-0.4, -0.2) is 11.9 Å². The monoisotopic (exact) mass is 298 g/mol. The molecule has 0 amide bonds. The number of carboxylic acids is 2. The van der Waals surface area contributed by atoms with Crippen LogP contribution < -0.4 is 10.2 Å². The molecule has 116 valence electrons. The van der Waals surface area contributed by atoms with Gasteiger partial charge in [-0.2, -0.15) is 0 Å². The van der Waals surface area contributed by atoms with Crippen LogP contribution in [0.5, 0.6) is 0 Å². The lowest BCUT2D eigenvalue weighted by atomic mass is 9.48. The average molecular weight is 298 g/mol. The Morgan fingerprint density at radius 1 is 0.818 bits per heavy atom. The van der Waals surface area contributed by atoms with Crippen molar-refractivity contribution in [2.75, 3.05) is 0 Å². The van der Waals surface area contributed by atoms with E-state index in [0.29, 0.717) is 17.8 Å². The van der Waals surface area contributed by atoms with Crippen molar-refractivity contribution < 1.29 is 19.8 Å². The number of hydrogen-bond donors (Lipinski definition) is 0. The third-order valence-electron chi connectivity index (χ3n) is 6.06. The third-order valence-corrected chi connectivity index (χ3v) is 6.06. The summed E-state index contributed by atoms with van der Waals surface area (Å²) in [6, 6.07) is 4.42. The van der Waals surface area contributed by atoms with Crippen LogP contribution in [0, 0.1) is 17.8 Å². The topological polar surface area (TPSA) is 80.3 Å². The van der Waals surface area contributed by atoms with Crippen LogP contribution in [-0.2, 0) is 5.41 Å². The molecule has 22 heavy (non-hydrogen) atoms. The van der Waals surface area contributed by atoms with Gasteiger partial charge < -0.3 is 19.8 Å². The van der Waals surface area contributed by atoms with Gasteiger partial charge in [0.25, 0.3) is 0 Å². The standard InChI is InChI=1S/C18H20O4/c19-16(20)13-4-14(17(21)22)6-15(5-13)18-7-10-1-11(8-18)3-12(2-10)9-18/h4-6,10-12H,1-3,7-9H2,(H,19,20)(H,21,22)/p-2. The second kappa shape index (κ2) is 4.58. The van der Waals surface area contributed by atoms with E-state index < -0.39 is 11.9 Å². The van der Waals surface area contributed by atoms with E-state index in [0.717, 1.165) is 30.9 Å². The fourth-order valence-corrected chi connectivity index (χ4v) is 5.63. The quantitative estimate of drug-likeness (QED) is 0.829. The highest BCUT2D eigenvalue weighted by Crippen LogP contribution is 2.60. The Morgan fingerprint density at radius 3 is 1.59 bits per heavy atom. The second-order valence-electron chi connectivity index (χ2n) is 7.57. The molecule has 0 aromatic heterocycles. The molecule has 1 aromatic rings. The molecule has 4 saturated carbocycles. The summed E-state index contributed by atoms with van der Waals surface area (Å²) in [7, 11) is 0. The average Bonchev–Trinajstić information content (AvgIpc) is 2.45. The molecule has 0 radical (unpaired) electrons. The predicted octanol–water partition coefficient (Wildman–Crippen LogP) is 0.881. The van der Waals surface area contributed by atoms with Crippen LogP contribution in [0.25, 0.3) is 0 Å². The molecule has 4 nitrogen and oxygen atoms in total. The maximum absolute atomic E-state index is 11.2. The fraction of sp³-hybridized carbons (Fsp3) is 0.556. The highest BCUT2D eigenvalue weighted by atomic mass is 16.4. The second-order valence-corrected chi connectivity index (χ2v) is 7.57. The lowest BCUT2D eigenvalue weighted by Gasteiger charge is -2.57. The molecule has 0 saturated heterocycles. The Labute approximate surface area is 129 Å². The van der Waals surface area contributed by atoms with Gasteiger partial charge in [-0.25, -0.2) is 0 Å². The number of benzene rings is 1. The van der Waals surface area contributed by atoms with Gasteiger partial charge >= 0.3 is 0 Å². The molecule has 4 aliphatic rings. The minimum atomic E-state index is -1.32. The van der Waals surface area contributed by atoms with Crippen LogP contribution in [0.15, 0.2) is 18.2 Å². The zero-order chi connectivity index (χ0) is 15.5. The van der Waals surface area contributed by atoms with Gasteiger partial charge in [-0.05, 0) is 96.6 Å². The summed E-state index contributed by atoms with van der Waals surface area (Å²) in [5, 5.41) is 22.5. The van der Waals surface area contributed by atoms with Gasteiger partial charge in [-0.1, -0.05) is 0 Å². The van der Waals surface area contributed by atoms with E-state index in [2.05, 4.69) is 0 Å². The number of rotatable bonds is 3. The summed E-state index contributed by atoms with van der Waals surface area (Å²) in [5.74, 6) is -0.513. The smallest absolute Gasteiger partial charge is 0.0715 e. The maximum Gasteiger partial charge on any atom is 0.0715 e. The first-order chi connectivity index (χ1) is 10.4. The summed E-state index contributed by atoms with van der Waals surface area (Å²) in [4.78, 5) is 22.5. The third kappa shape index (κ3) is 2.04. The molecule has 4 heteroatoms. The van der Waals surface area contributed by atoms with E-state index in [9.17, 15) is 19.8 Å². The normalized spacial score (nSPS) is 35.5. The van der Waals surface area contributed by atoms with Gasteiger partial charge in [-0.3, -0.25) is 0 Å². The van der Waals surface area contributed by atoms with Crippen molar-refractivity contribution in [3.8, 4) is 0 Å². The largest absolute Gasteiger partial charge is 0.545 e. The fourth-order valence-electron chi connectivity index (χ4n) is 5.63. The maximum atomic E-state index is 11.2. The van der Waals surface area contributed by atoms with Crippen LogP contribution in [0.4, 0.5) is 0 Å². The molecule has 4 fully saturated rings. The highest BCUT2D eigenvalue weighted by Gasteiger charge is 2.51. The number of carbonyl (C=O) groups excluding carboxylic acids is 2. The van der Waals surface area contributed by atoms with Crippen LogP contribution in [0.3, 0.4) is 0 Å². The Hall–Kier alpha value is -1.84. The van der Waals surface area contributed by atoms with E-state index in [-0.39, 0.29) is 16.5 Å². The first-order valence-corrected chi connectivity index (χ1v) is 8.03. The SMILES string of the molecule is O=C([O-])c1cc(C(=O)[O-])cc(C23CC4CC(CC(C4)C2)C3)c1. The minimum absolute atomic E-state index is 0.0373. The van der Waals surface area contributed by atoms with Gasteiger partial charge in [0.2, 0.25) is 0 Å². The summed E-state index contributed by atoms with van der Waals surface area (Å²) >= 11 is 0. The van der Waals surface area contributed by atoms with Crippen molar-refractivity contribution in [1.29, 1.82) is 0 Å². The molecule has 0 heterocycles. The molecule has 0 spiro atoms. The number of carbonyl (C=O) groups is 2. The zero-order valence-corrected chi connectivity index (χ0v) is 12.3. The van der Waals surface area contributed by atoms with E-state index in [1.807, 2.05) is 0 Å². The minimum Gasteiger partial charge on any atom is -0.545 e. The molecule has 0 unspecified atom stereocenters. The van der Waals surface area contributed by atoms with Crippen LogP contribution >= 0.6 is 0 Å². The van der Waals surface area contributed by atoms with Gasteiger partial charge in [0.1, 0.15) is 0 Å². The van der Waals surface area contributed by atoms with Crippen molar-refractivity contribution in [3.63, 3.8) is 0 Å². The lowest BCUT2D eigenvalue weighted by molar-refractivity contribution is -0.255. The molecule has 1 aromatic carbocycles. The van der Waals surface area contributed by atoms with E-state index >= 15 is 0 Å². The Bertz CT molecular complexity index is 594. The van der Waals surface area contributed by atoms with Crippen molar-refractivity contribution >= 4 is 11.9 Å². The molecule has 4 aliphatic carbocycles. The molecule has 0 atom stereocenters. The van der Waals surface area contributed by atoms with Crippen LogP contribution in [0.1, 0.15) is 64.8 Å². The number of aromatic carboxylic acids is 2. The van der Waals surface area contributed by atoms with Gasteiger partial charge in [-0.15, -0.1) is 0 Å². The van der Waals surface area contributed by atoms with Crippen LogP contribution in [0.2, 0.25) is 0 Å². The summed E-state index contributed by atoms with van der Waals surface area (Å²) in [6.45, 7) is 0.